The molecule has 0 aliphatic carbocycles. The van der Waals surface area contributed by atoms with Gasteiger partial charge in [0, 0.05) is 5.39 Å². The molecule has 0 amide bonds. The minimum absolute atomic E-state index is 0.0798. The number of carbonyl (C=O) groups is 1. The molecule has 3 nitrogen and oxygen atoms in total. The molecule has 0 spiro atoms. The fourth-order valence-electron chi connectivity index (χ4n) is 2.15. The zero-order valence-corrected chi connectivity index (χ0v) is 11.4. The highest BCUT2D eigenvalue weighted by Gasteiger charge is 2.15. The number of benzene rings is 2. The molecular formula is C17H13FO3. The molecule has 0 radical (unpaired) electrons. The Hall–Kier alpha value is -2.62. The lowest BCUT2D eigenvalue weighted by atomic mass is 10.1. The summed E-state index contributed by atoms with van der Waals surface area (Å²) < 4.78 is 24.4. The molecule has 0 aliphatic heterocycles. The normalized spacial score (nSPS) is 10.8. The van der Waals surface area contributed by atoms with Crippen molar-refractivity contribution in [2.24, 2.45) is 0 Å². The van der Waals surface area contributed by atoms with Crippen LogP contribution in [0.4, 0.5) is 4.39 Å². The van der Waals surface area contributed by atoms with Crippen molar-refractivity contribution >= 4 is 16.8 Å². The van der Waals surface area contributed by atoms with Crippen LogP contribution in [0.3, 0.4) is 0 Å². The Labute approximate surface area is 120 Å². The van der Waals surface area contributed by atoms with Crippen LogP contribution in [0, 0.1) is 12.7 Å². The van der Waals surface area contributed by atoms with Gasteiger partial charge in [0.2, 0.25) is 5.78 Å². The van der Waals surface area contributed by atoms with E-state index in [1.165, 1.54) is 12.3 Å². The summed E-state index contributed by atoms with van der Waals surface area (Å²) in [5.74, 6) is -0.612. The van der Waals surface area contributed by atoms with Crippen LogP contribution >= 0.6 is 0 Å². The van der Waals surface area contributed by atoms with E-state index < -0.39 is 5.82 Å². The van der Waals surface area contributed by atoms with E-state index in [0.717, 1.165) is 5.39 Å². The first-order valence-electron chi connectivity index (χ1n) is 6.54. The highest BCUT2D eigenvalue weighted by Crippen LogP contribution is 2.23. The molecule has 1 aromatic heterocycles. The van der Waals surface area contributed by atoms with Crippen LogP contribution in [0.5, 0.6) is 5.75 Å². The maximum Gasteiger partial charge on any atom is 0.204 e. The van der Waals surface area contributed by atoms with Gasteiger partial charge in [-0.3, -0.25) is 4.79 Å². The molecule has 0 N–H and O–H groups in total. The van der Waals surface area contributed by atoms with Gasteiger partial charge in [-0.2, -0.15) is 0 Å². The minimum atomic E-state index is -0.442. The van der Waals surface area contributed by atoms with Crippen molar-refractivity contribution < 1.29 is 18.3 Å². The van der Waals surface area contributed by atoms with Gasteiger partial charge in [0.05, 0.1) is 5.56 Å². The second-order valence-corrected chi connectivity index (χ2v) is 4.74. The summed E-state index contributed by atoms with van der Waals surface area (Å²) in [6.07, 6.45) is 1.41. The van der Waals surface area contributed by atoms with Gasteiger partial charge in [0.25, 0.3) is 0 Å². The van der Waals surface area contributed by atoms with E-state index in [0.29, 0.717) is 16.7 Å². The molecule has 2 aromatic carbocycles. The Morgan fingerprint density at radius 1 is 1.19 bits per heavy atom. The van der Waals surface area contributed by atoms with Crippen LogP contribution in [-0.4, -0.2) is 12.4 Å². The van der Waals surface area contributed by atoms with Gasteiger partial charge >= 0.3 is 0 Å². The first kappa shape index (κ1) is 13.4. The third-order valence-electron chi connectivity index (χ3n) is 3.30. The summed E-state index contributed by atoms with van der Waals surface area (Å²) in [6.45, 7) is 1.41. The number of hydrogen-bond acceptors (Lipinski definition) is 3. The third kappa shape index (κ3) is 2.52. The lowest BCUT2D eigenvalue weighted by Crippen LogP contribution is -2.12. The van der Waals surface area contributed by atoms with Gasteiger partial charge in [-0.05, 0) is 24.6 Å². The molecule has 0 saturated carbocycles. The average molecular weight is 284 g/mol. The molecule has 0 unspecified atom stereocenters. The van der Waals surface area contributed by atoms with Crippen LogP contribution in [0.1, 0.15) is 15.9 Å². The highest BCUT2D eigenvalue weighted by molar-refractivity contribution is 6.07. The van der Waals surface area contributed by atoms with Crippen LogP contribution < -0.4 is 4.74 Å². The van der Waals surface area contributed by atoms with Crippen LogP contribution in [0.2, 0.25) is 0 Å². The molecule has 1 heterocycles. The maximum absolute atomic E-state index is 13.8. The summed E-state index contributed by atoms with van der Waals surface area (Å²) in [5.41, 5.74) is 1.56. The van der Waals surface area contributed by atoms with E-state index >= 15 is 0 Å². The summed E-state index contributed by atoms with van der Waals surface area (Å²) in [7, 11) is 0. The van der Waals surface area contributed by atoms with E-state index in [2.05, 4.69) is 0 Å². The highest BCUT2D eigenvalue weighted by atomic mass is 19.1. The van der Waals surface area contributed by atoms with Crippen LogP contribution in [-0.2, 0) is 0 Å². The van der Waals surface area contributed by atoms with E-state index in [4.69, 9.17) is 9.15 Å². The number of carbonyl (C=O) groups excluding carboxylic acids is 1. The number of hydrogen-bond donors (Lipinski definition) is 0. The number of furan rings is 1. The Kier molecular flexibility index (Phi) is 3.44. The predicted molar refractivity (Wildman–Crippen MR) is 77.2 cm³/mol. The first-order chi connectivity index (χ1) is 10.2. The number of halogens is 1. The van der Waals surface area contributed by atoms with Crippen LogP contribution in [0.15, 0.2) is 53.1 Å². The molecule has 3 rings (SSSR count). The van der Waals surface area contributed by atoms with E-state index in [-0.39, 0.29) is 18.1 Å². The first-order valence-corrected chi connectivity index (χ1v) is 6.54. The fraction of sp³-hybridized carbons (Fsp3) is 0.118. The zero-order valence-electron chi connectivity index (χ0n) is 11.4. The van der Waals surface area contributed by atoms with Gasteiger partial charge in [0.15, 0.2) is 18.2 Å². The summed E-state index contributed by atoms with van der Waals surface area (Å²) >= 11 is 0. The van der Waals surface area contributed by atoms with Gasteiger partial charge in [-0.25, -0.2) is 4.39 Å². The van der Waals surface area contributed by atoms with E-state index in [1.54, 1.807) is 31.2 Å². The smallest absolute Gasteiger partial charge is 0.204 e. The molecule has 0 aliphatic rings. The number of Topliss-reactive ketones (excluding diaryl/α,β-unsaturated/α-hetero) is 1. The fourth-order valence-corrected chi connectivity index (χ4v) is 2.15. The summed E-state index contributed by atoms with van der Waals surface area (Å²) in [6, 6.07) is 12.1. The van der Waals surface area contributed by atoms with Crippen molar-refractivity contribution in [3.05, 3.63) is 65.7 Å². The van der Waals surface area contributed by atoms with Crippen molar-refractivity contribution in [3.63, 3.8) is 0 Å². The number of aryl methyl sites for hydroxylation is 1. The molecule has 0 fully saturated rings. The van der Waals surface area contributed by atoms with Crippen LogP contribution in [0.25, 0.3) is 11.0 Å². The Bertz CT molecular complexity index is 805. The quantitative estimate of drug-likeness (QED) is 0.676. The molecule has 106 valence electrons. The van der Waals surface area contributed by atoms with Crippen molar-refractivity contribution in [2.45, 2.75) is 6.92 Å². The molecule has 4 heteroatoms. The average Bonchev–Trinajstić information content (AvgIpc) is 2.92. The monoisotopic (exact) mass is 284 g/mol. The number of ketones is 1. The summed E-state index contributed by atoms with van der Waals surface area (Å²) in [5, 5.41) is 0.732. The van der Waals surface area contributed by atoms with Crippen molar-refractivity contribution in [3.8, 4) is 5.75 Å². The van der Waals surface area contributed by atoms with Gasteiger partial charge in [-0.1, -0.05) is 30.3 Å². The van der Waals surface area contributed by atoms with Crippen molar-refractivity contribution in [1.29, 1.82) is 0 Å². The molecule has 3 aromatic rings. The standard InChI is InChI=1S/C17H13FO3/c1-11-5-4-8-16(17(11)18)21-10-14(19)13-9-20-15-7-3-2-6-12(13)15/h2-9H,10H2,1H3. The second kappa shape index (κ2) is 5.40. The number of rotatable bonds is 4. The third-order valence-corrected chi connectivity index (χ3v) is 3.30. The maximum atomic E-state index is 13.8. The Morgan fingerprint density at radius 2 is 2.00 bits per heavy atom. The van der Waals surface area contributed by atoms with Gasteiger partial charge < -0.3 is 9.15 Å². The van der Waals surface area contributed by atoms with Crippen molar-refractivity contribution in [1.82, 2.24) is 0 Å². The molecule has 0 atom stereocenters. The molecule has 0 bridgehead atoms. The zero-order chi connectivity index (χ0) is 14.8. The molecular weight excluding hydrogens is 271 g/mol. The lowest BCUT2D eigenvalue weighted by molar-refractivity contribution is 0.0919. The van der Waals surface area contributed by atoms with Gasteiger partial charge in [-0.15, -0.1) is 0 Å². The van der Waals surface area contributed by atoms with E-state index in [1.807, 2.05) is 12.1 Å². The van der Waals surface area contributed by atoms with Crippen molar-refractivity contribution in [2.75, 3.05) is 6.61 Å². The summed E-state index contributed by atoms with van der Waals surface area (Å²) in [4.78, 5) is 12.2. The second-order valence-electron chi connectivity index (χ2n) is 4.74. The predicted octanol–water partition coefficient (Wildman–Crippen LogP) is 4.14. The lowest BCUT2D eigenvalue weighted by Gasteiger charge is -2.07. The van der Waals surface area contributed by atoms with E-state index in [9.17, 15) is 9.18 Å². The number of fused-ring (bicyclic) bond motifs is 1. The molecule has 0 saturated heterocycles. The number of ether oxygens (including phenoxy) is 1. The minimum Gasteiger partial charge on any atom is -0.482 e. The largest absolute Gasteiger partial charge is 0.482 e. The number of para-hydroxylation sites is 1. The Balaban J connectivity index is 1.79. The van der Waals surface area contributed by atoms with Gasteiger partial charge in [0.1, 0.15) is 11.8 Å². The SMILES string of the molecule is Cc1cccc(OCC(=O)c2coc3ccccc23)c1F. The Morgan fingerprint density at radius 3 is 2.86 bits per heavy atom. The topological polar surface area (TPSA) is 39.4 Å². The molecule has 21 heavy (non-hydrogen) atoms.